The monoisotopic (exact) mass is 240 g/mol. The zero-order valence-electron chi connectivity index (χ0n) is 9.06. The quantitative estimate of drug-likeness (QED) is 0.341. The Labute approximate surface area is 97.5 Å². The van der Waals surface area contributed by atoms with Gasteiger partial charge in [-0.1, -0.05) is 6.58 Å². The van der Waals surface area contributed by atoms with Gasteiger partial charge in [-0.05, 0) is 11.4 Å². The van der Waals surface area contributed by atoms with E-state index < -0.39 is 11.9 Å². The summed E-state index contributed by atoms with van der Waals surface area (Å²) >= 11 is 1.30. The maximum Gasteiger partial charge on any atom is 0.321 e. The molecule has 0 saturated heterocycles. The smallest absolute Gasteiger partial charge is 0.321 e. The molecule has 0 aromatic carbocycles. The predicted octanol–water partition coefficient (Wildman–Crippen LogP) is 1.82. The molecule has 0 radical (unpaired) electrons. The van der Waals surface area contributed by atoms with Crippen molar-refractivity contribution in [2.24, 2.45) is 0 Å². The Kier molecular flexibility index (Phi) is 4.25. The first-order valence-corrected chi connectivity index (χ1v) is 5.37. The van der Waals surface area contributed by atoms with Gasteiger partial charge < -0.3 is 14.3 Å². The summed E-state index contributed by atoms with van der Waals surface area (Å²) in [6.07, 6.45) is 0.560. The number of hydrogen-bond acceptors (Lipinski definition) is 5. The highest BCUT2D eigenvalue weighted by Gasteiger charge is 2.25. The lowest BCUT2D eigenvalue weighted by Crippen LogP contribution is -2.15. The predicted molar refractivity (Wildman–Crippen MR) is 61.2 cm³/mol. The second-order valence-corrected chi connectivity index (χ2v) is 3.91. The van der Waals surface area contributed by atoms with E-state index >= 15 is 0 Å². The Hall–Kier alpha value is -1.62. The molecule has 16 heavy (non-hydrogen) atoms. The van der Waals surface area contributed by atoms with Gasteiger partial charge in [0, 0.05) is 10.4 Å². The van der Waals surface area contributed by atoms with Gasteiger partial charge in [0.2, 0.25) is 0 Å². The van der Waals surface area contributed by atoms with E-state index in [9.17, 15) is 9.59 Å². The molecule has 0 fully saturated rings. The van der Waals surface area contributed by atoms with Gasteiger partial charge in [-0.15, -0.1) is 11.3 Å². The van der Waals surface area contributed by atoms with E-state index in [-0.39, 0.29) is 0 Å². The summed E-state index contributed by atoms with van der Waals surface area (Å²) in [5.74, 6) is -1.07. The summed E-state index contributed by atoms with van der Waals surface area (Å²) in [6, 6.07) is 1.76. The van der Waals surface area contributed by atoms with Crippen LogP contribution < -0.4 is 0 Å². The Balaban J connectivity index is 3.11. The highest BCUT2D eigenvalue weighted by atomic mass is 32.1. The van der Waals surface area contributed by atoms with Crippen molar-refractivity contribution in [3.8, 4) is 0 Å². The van der Waals surface area contributed by atoms with Crippen LogP contribution in [0, 0.1) is 0 Å². The molecule has 1 aromatic rings. The van der Waals surface area contributed by atoms with Crippen molar-refractivity contribution in [2.75, 3.05) is 14.2 Å². The fourth-order valence-corrected chi connectivity index (χ4v) is 2.21. The third kappa shape index (κ3) is 2.30. The number of thiophene rings is 1. The molecule has 0 aliphatic rings. The van der Waals surface area contributed by atoms with Gasteiger partial charge in [-0.2, -0.15) is 0 Å². The van der Waals surface area contributed by atoms with Crippen LogP contribution in [0.25, 0.3) is 5.76 Å². The molecule has 0 N–H and O–H groups in total. The van der Waals surface area contributed by atoms with E-state index in [0.29, 0.717) is 22.5 Å². The molecule has 0 bridgehead atoms. The van der Waals surface area contributed by atoms with Gasteiger partial charge >= 0.3 is 5.97 Å². The zero-order chi connectivity index (χ0) is 12.1. The number of carbonyl (C=O) groups is 2. The minimum atomic E-state index is -0.910. The van der Waals surface area contributed by atoms with Gasteiger partial charge in [-0.3, -0.25) is 4.79 Å². The molecule has 0 saturated carbocycles. The average molecular weight is 240 g/mol. The van der Waals surface area contributed by atoms with Crippen molar-refractivity contribution in [3.05, 3.63) is 28.5 Å². The van der Waals surface area contributed by atoms with Crippen molar-refractivity contribution in [1.29, 1.82) is 0 Å². The Morgan fingerprint density at radius 1 is 1.50 bits per heavy atom. The summed E-state index contributed by atoms with van der Waals surface area (Å²) in [5.41, 5.74) is 0.662. The van der Waals surface area contributed by atoms with Crippen LogP contribution in [0.3, 0.4) is 0 Å². The molecule has 0 amide bonds. The van der Waals surface area contributed by atoms with Crippen LogP contribution >= 0.6 is 11.3 Å². The minimum absolute atomic E-state index is 0.423. The first-order chi connectivity index (χ1) is 7.65. The van der Waals surface area contributed by atoms with Gasteiger partial charge in [0.05, 0.1) is 14.2 Å². The summed E-state index contributed by atoms with van der Waals surface area (Å²) in [4.78, 5) is 22.9. The van der Waals surface area contributed by atoms with E-state index in [4.69, 9.17) is 4.74 Å². The number of ether oxygens (including phenoxy) is 2. The molecule has 1 aromatic heterocycles. The van der Waals surface area contributed by atoms with E-state index in [2.05, 4.69) is 11.3 Å². The van der Waals surface area contributed by atoms with Crippen LogP contribution in [-0.4, -0.2) is 26.5 Å². The SMILES string of the molecule is C=C(OC)c1ccsc1C(C=O)C(=O)OC. The second kappa shape index (κ2) is 5.46. The third-order valence-electron chi connectivity index (χ3n) is 2.12. The van der Waals surface area contributed by atoms with Crippen LogP contribution in [0.1, 0.15) is 16.4 Å². The number of esters is 1. The lowest BCUT2D eigenvalue weighted by molar-refractivity contribution is -0.143. The highest BCUT2D eigenvalue weighted by Crippen LogP contribution is 2.30. The fraction of sp³-hybridized carbons (Fsp3) is 0.273. The number of carbonyl (C=O) groups excluding carboxylic acids is 2. The first-order valence-electron chi connectivity index (χ1n) is 4.49. The van der Waals surface area contributed by atoms with Crippen LogP contribution in [0.5, 0.6) is 0 Å². The summed E-state index contributed by atoms with van der Waals surface area (Å²) in [6.45, 7) is 3.69. The molecule has 0 aliphatic carbocycles. The van der Waals surface area contributed by atoms with Crippen LogP contribution in [0.4, 0.5) is 0 Å². The van der Waals surface area contributed by atoms with Crippen molar-refractivity contribution in [1.82, 2.24) is 0 Å². The Morgan fingerprint density at radius 3 is 2.69 bits per heavy atom. The lowest BCUT2D eigenvalue weighted by Gasteiger charge is -2.10. The fourth-order valence-electron chi connectivity index (χ4n) is 1.25. The molecule has 1 unspecified atom stereocenters. The summed E-state index contributed by atoms with van der Waals surface area (Å²) in [7, 11) is 2.73. The van der Waals surface area contributed by atoms with Crippen LogP contribution in [0.15, 0.2) is 18.0 Å². The zero-order valence-corrected chi connectivity index (χ0v) is 9.87. The number of aldehydes is 1. The largest absolute Gasteiger partial charge is 0.497 e. The number of rotatable bonds is 5. The van der Waals surface area contributed by atoms with Gasteiger partial charge in [-0.25, -0.2) is 0 Å². The lowest BCUT2D eigenvalue weighted by atomic mass is 10.1. The van der Waals surface area contributed by atoms with Crippen molar-refractivity contribution >= 4 is 29.4 Å². The normalized spacial score (nSPS) is 11.6. The molecule has 5 heteroatoms. The maximum atomic E-state index is 11.4. The van der Waals surface area contributed by atoms with Gasteiger partial charge in [0.15, 0.2) is 0 Å². The highest BCUT2D eigenvalue weighted by molar-refractivity contribution is 7.10. The van der Waals surface area contributed by atoms with Crippen molar-refractivity contribution < 1.29 is 19.1 Å². The number of hydrogen-bond donors (Lipinski definition) is 0. The maximum absolute atomic E-state index is 11.4. The van der Waals surface area contributed by atoms with Crippen molar-refractivity contribution in [3.63, 3.8) is 0 Å². The van der Waals surface area contributed by atoms with E-state index in [1.807, 2.05) is 0 Å². The number of methoxy groups -OCH3 is 2. The van der Waals surface area contributed by atoms with Gasteiger partial charge in [0.1, 0.15) is 18.0 Å². The summed E-state index contributed by atoms with van der Waals surface area (Å²) in [5, 5.41) is 1.77. The minimum Gasteiger partial charge on any atom is -0.497 e. The standard InChI is InChI=1S/C11H12O4S/c1-7(14-2)8-4-5-16-10(8)9(6-12)11(13)15-3/h4-6,9H,1H2,2-3H3. The van der Waals surface area contributed by atoms with Gasteiger partial charge in [0.25, 0.3) is 0 Å². The molecule has 0 aliphatic heterocycles. The molecule has 4 nitrogen and oxygen atoms in total. The Morgan fingerprint density at radius 2 is 2.19 bits per heavy atom. The molecular weight excluding hydrogens is 228 g/mol. The second-order valence-electron chi connectivity index (χ2n) is 2.96. The van der Waals surface area contributed by atoms with E-state index in [1.54, 1.807) is 11.4 Å². The van der Waals surface area contributed by atoms with Crippen LogP contribution in [-0.2, 0) is 19.1 Å². The molecule has 0 spiro atoms. The van der Waals surface area contributed by atoms with E-state index in [0.717, 1.165) is 0 Å². The topological polar surface area (TPSA) is 52.6 Å². The molecule has 86 valence electrons. The third-order valence-corrected chi connectivity index (χ3v) is 3.12. The first kappa shape index (κ1) is 12.4. The molecule has 1 rings (SSSR count). The molecular formula is C11H12O4S. The average Bonchev–Trinajstić information content (AvgIpc) is 2.77. The molecule has 1 atom stereocenters. The van der Waals surface area contributed by atoms with Crippen molar-refractivity contribution in [2.45, 2.75) is 5.92 Å². The summed E-state index contributed by atoms with van der Waals surface area (Å²) < 4.78 is 9.55. The van der Waals surface area contributed by atoms with E-state index in [1.165, 1.54) is 25.6 Å². The molecule has 1 heterocycles. The Bertz CT molecular complexity index is 408. The van der Waals surface area contributed by atoms with Crippen LogP contribution in [0.2, 0.25) is 0 Å².